The van der Waals surface area contributed by atoms with E-state index in [1.165, 1.54) is 10.8 Å². The molecule has 232 valence electrons. The zero-order valence-corrected chi connectivity index (χ0v) is 27.9. The van der Waals surface area contributed by atoms with Crippen molar-refractivity contribution >= 4 is 56.1 Å². The number of imidazole rings is 1. The number of para-hydroxylation sites is 3. The van der Waals surface area contributed by atoms with Gasteiger partial charge in [0.2, 0.25) is 0 Å². The summed E-state index contributed by atoms with van der Waals surface area (Å²) in [6, 6.07) is 50.5. The highest BCUT2D eigenvalue weighted by molar-refractivity contribution is 7.82. The van der Waals surface area contributed by atoms with Crippen molar-refractivity contribution in [2.24, 2.45) is 0 Å². The highest BCUT2D eigenvalue weighted by Crippen LogP contribution is 2.52. The van der Waals surface area contributed by atoms with Gasteiger partial charge < -0.3 is 4.57 Å². The average molecular weight is 639 g/mol. The van der Waals surface area contributed by atoms with Gasteiger partial charge in [0, 0.05) is 26.7 Å². The number of fused-ring (bicyclic) bond motifs is 8. The minimum atomic E-state index is -3.04. The Bertz CT molecular complexity index is 2580. The maximum atomic E-state index is 14.9. The second-order valence-corrected chi connectivity index (χ2v) is 14.9. The quantitative estimate of drug-likeness (QED) is 0.0989. The molecule has 1 atom stereocenters. The van der Waals surface area contributed by atoms with Crippen molar-refractivity contribution in [3.63, 3.8) is 0 Å². The molecule has 0 aliphatic carbocycles. The van der Waals surface area contributed by atoms with Crippen LogP contribution in [0.5, 0.6) is 0 Å². The lowest BCUT2D eigenvalue weighted by Crippen LogP contribution is -2.17. The van der Waals surface area contributed by atoms with Crippen molar-refractivity contribution in [1.82, 2.24) is 9.38 Å². The Balaban J connectivity index is 1.21. The Morgan fingerprint density at radius 1 is 0.625 bits per heavy atom. The molecule has 2 aromatic heterocycles. The monoisotopic (exact) mass is 638 g/mol. The van der Waals surface area contributed by atoms with Crippen LogP contribution in [0.1, 0.15) is 20.3 Å². The number of hydrogen-bond acceptors (Lipinski definition) is 2. The Morgan fingerprint density at radius 2 is 1.27 bits per heavy atom. The summed E-state index contributed by atoms with van der Waals surface area (Å²) in [6.45, 7) is 4.07. The van der Waals surface area contributed by atoms with Crippen LogP contribution < -0.4 is 10.6 Å². The van der Waals surface area contributed by atoms with Gasteiger partial charge in [-0.2, -0.15) is 0 Å². The predicted octanol–water partition coefficient (Wildman–Crippen LogP) is 11.3. The van der Waals surface area contributed by atoms with Crippen LogP contribution in [0.15, 0.2) is 169 Å². The first kappa shape index (κ1) is 29.9. The van der Waals surface area contributed by atoms with E-state index in [0.29, 0.717) is 0 Å². The Kier molecular flexibility index (Phi) is 7.63. The molecule has 0 spiro atoms. The van der Waals surface area contributed by atoms with Crippen LogP contribution in [-0.4, -0.2) is 9.38 Å². The van der Waals surface area contributed by atoms with Gasteiger partial charge in [0.1, 0.15) is 5.65 Å². The van der Waals surface area contributed by atoms with Crippen LogP contribution in [0.25, 0.3) is 60.6 Å². The van der Waals surface area contributed by atoms with Gasteiger partial charge in [0.15, 0.2) is 7.14 Å². The van der Waals surface area contributed by atoms with Gasteiger partial charge in [-0.05, 0) is 77.4 Å². The fourth-order valence-electron chi connectivity index (χ4n) is 6.94. The predicted molar refractivity (Wildman–Crippen MR) is 205 cm³/mol. The van der Waals surface area contributed by atoms with E-state index in [4.69, 9.17) is 4.98 Å². The molecule has 0 N–H and O–H groups in total. The van der Waals surface area contributed by atoms with E-state index in [2.05, 4.69) is 114 Å². The van der Waals surface area contributed by atoms with Crippen molar-refractivity contribution < 1.29 is 4.57 Å². The molecule has 8 aromatic rings. The fourth-order valence-corrected chi connectivity index (χ4v) is 9.67. The van der Waals surface area contributed by atoms with E-state index < -0.39 is 7.14 Å². The van der Waals surface area contributed by atoms with Crippen LogP contribution in [0, 0.1) is 0 Å². The summed E-state index contributed by atoms with van der Waals surface area (Å²) in [4.78, 5) is 5.06. The molecule has 0 bridgehead atoms. The molecule has 6 aromatic carbocycles. The largest absolute Gasteiger partial charge is 0.309 e. The first-order valence-electron chi connectivity index (χ1n) is 16.5. The molecule has 4 heteroatoms. The standard InChI is InChI=1S/C44H35N2OP/c1-3-5-16-35(4-2)48(47,36-17-7-6-8-18-36)37-26-23-31(24-27-37)32-14-13-15-33(29-32)34-25-28-39-40(30-34)38-19-9-11-21-42(38)46-43-22-12-10-20-41(43)45-44(39)46/h4-30H,3H2,1-2H3/b16-5-,35-4+. The molecular weight excluding hydrogens is 603 g/mol. The second kappa shape index (κ2) is 12.3. The average Bonchev–Trinajstić information content (AvgIpc) is 3.55. The van der Waals surface area contributed by atoms with Gasteiger partial charge in [-0.3, -0.25) is 4.40 Å². The molecule has 1 unspecified atom stereocenters. The molecule has 0 radical (unpaired) electrons. The van der Waals surface area contributed by atoms with Gasteiger partial charge in [-0.1, -0.05) is 134 Å². The maximum absolute atomic E-state index is 14.9. The third-order valence-corrected chi connectivity index (χ3v) is 12.5. The van der Waals surface area contributed by atoms with Gasteiger partial charge in [-0.25, -0.2) is 4.98 Å². The minimum absolute atomic E-state index is 0.835. The molecule has 48 heavy (non-hydrogen) atoms. The molecule has 8 rings (SSSR count). The summed E-state index contributed by atoms with van der Waals surface area (Å²) in [5, 5.41) is 6.07. The number of benzene rings is 6. The molecule has 3 nitrogen and oxygen atoms in total. The summed E-state index contributed by atoms with van der Waals surface area (Å²) in [7, 11) is -3.04. The smallest absolute Gasteiger partial charge is 0.170 e. The van der Waals surface area contributed by atoms with Crippen molar-refractivity contribution in [2.75, 3.05) is 0 Å². The highest BCUT2D eigenvalue weighted by Gasteiger charge is 2.30. The van der Waals surface area contributed by atoms with Gasteiger partial charge in [-0.15, -0.1) is 0 Å². The summed E-state index contributed by atoms with van der Waals surface area (Å²) in [6.07, 6.45) is 6.99. The molecule has 2 heterocycles. The van der Waals surface area contributed by atoms with E-state index in [9.17, 15) is 4.57 Å². The van der Waals surface area contributed by atoms with Crippen LogP contribution >= 0.6 is 7.14 Å². The number of nitrogens with zero attached hydrogens (tertiary/aromatic N) is 2. The maximum Gasteiger partial charge on any atom is 0.170 e. The molecule has 0 saturated heterocycles. The van der Waals surface area contributed by atoms with E-state index >= 15 is 0 Å². The molecule has 0 fully saturated rings. The summed E-state index contributed by atoms with van der Waals surface area (Å²) in [5.41, 5.74) is 8.75. The molecule has 0 amide bonds. The molecule has 0 aliphatic heterocycles. The molecule has 0 saturated carbocycles. The van der Waals surface area contributed by atoms with Crippen LogP contribution in [0.2, 0.25) is 0 Å². The minimum Gasteiger partial charge on any atom is -0.309 e. The van der Waals surface area contributed by atoms with E-state index in [0.717, 1.165) is 72.2 Å². The van der Waals surface area contributed by atoms with E-state index in [1.807, 2.05) is 67.6 Å². The number of allylic oxidation sites excluding steroid dienone is 4. The molecule has 0 aliphatic rings. The van der Waals surface area contributed by atoms with Crippen LogP contribution in [0.4, 0.5) is 0 Å². The summed E-state index contributed by atoms with van der Waals surface area (Å²) in [5.74, 6) is 0. The second-order valence-electron chi connectivity index (χ2n) is 12.1. The van der Waals surface area contributed by atoms with Gasteiger partial charge in [0.25, 0.3) is 0 Å². The first-order valence-corrected chi connectivity index (χ1v) is 18.2. The Labute approximate surface area is 280 Å². The Morgan fingerprint density at radius 3 is 2.04 bits per heavy atom. The lowest BCUT2D eigenvalue weighted by molar-refractivity contribution is 0.591. The lowest BCUT2D eigenvalue weighted by atomic mass is 9.96. The summed E-state index contributed by atoms with van der Waals surface area (Å²) >= 11 is 0. The third kappa shape index (κ3) is 4.91. The third-order valence-electron chi connectivity index (χ3n) is 9.32. The summed E-state index contributed by atoms with van der Waals surface area (Å²) < 4.78 is 17.2. The highest BCUT2D eigenvalue weighted by atomic mass is 31.2. The van der Waals surface area contributed by atoms with Crippen molar-refractivity contribution in [2.45, 2.75) is 20.3 Å². The normalized spacial score (nSPS) is 13.6. The number of pyridine rings is 1. The SMILES string of the molecule is C/C=C(\C=C/CC)P(=O)(c1ccccc1)c1ccc(-c2cccc(-c3ccc4c(c3)c3ccccc3n3c5ccccc5nc43)c2)cc1. The van der Waals surface area contributed by atoms with Crippen molar-refractivity contribution in [3.8, 4) is 22.3 Å². The number of hydrogen-bond donors (Lipinski definition) is 0. The van der Waals surface area contributed by atoms with Crippen molar-refractivity contribution in [1.29, 1.82) is 0 Å². The number of rotatable bonds is 7. The molecular formula is C44H35N2OP. The van der Waals surface area contributed by atoms with Gasteiger partial charge in [0.05, 0.1) is 16.6 Å². The zero-order chi connectivity index (χ0) is 32.7. The van der Waals surface area contributed by atoms with E-state index in [-0.39, 0.29) is 0 Å². The lowest BCUT2D eigenvalue weighted by Gasteiger charge is -2.21. The van der Waals surface area contributed by atoms with Gasteiger partial charge >= 0.3 is 0 Å². The fraction of sp³-hybridized carbons (Fsp3) is 0.0682. The van der Waals surface area contributed by atoms with E-state index in [1.54, 1.807) is 0 Å². The van der Waals surface area contributed by atoms with Crippen LogP contribution in [-0.2, 0) is 4.57 Å². The van der Waals surface area contributed by atoms with Crippen LogP contribution in [0.3, 0.4) is 0 Å². The Hall–Kier alpha value is -5.50. The first-order chi connectivity index (χ1) is 23.6. The van der Waals surface area contributed by atoms with Crippen molar-refractivity contribution in [3.05, 3.63) is 169 Å². The zero-order valence-electron chi connectivity index (χ0n) is 27.0. The topological polar surface area (TPSA) is 34.4 Å². The number of aromatic nitrogens is 2.